The molecule has 21 heavy (non-hydrogen) atoms. The van der Waals surface area contributed by atoms with Crippen LogP contribution in [0.15, 0.2) is 24.3 Å². The number of phenolic OH excluding ortho intramolecular Hbond substituents is 1. The quantitative estimate of drug-likeness (QED) is 0.553. The Bertz CT molecular complexity index is 466. The van der Waals surface area contributed by atoms with Gasteiger partial charge in [0.25, 0.3) is 0 Å². The van der Waals surface area contributed by atoms with Crippen molar-refractivity contribution in [1.29, 1.82) is 0 Å². The van der Waals surface area contributed by atoms with Crippen LogP contribution in [-0.2, 0) is 9.53 Å². The lowest BCUT2D eigenvalue weighted by atomic mass is 10.1. The summed E-state index contributed by atoms with van der Waals surface area (Å²) in [6, 6.07) is 5.05. The van der Waals surface area contributed by atoms with Crippen LogP contribution in [0.3, 0.4) is 0 Å². The highest BCUT2D eigenvalue weighted by atomic mass is 16.5. The van der Waals surface area contributed by atoms with Gasteiger partial charge < -0.3 is 14.6 Å². The molecular weight excluding hydrogens is 268 g/mol. The molecule has 4 nitrogen and oxygen atoms in total. The number of carbonyl (C=O) groups is 1. The molecule has 0 atom stereocenters. The van der Waals surface area contributed by atoms with Gasteiger partial charge in [0.15, 0.2) is 11.5 Å². The predicted molar refractivity (Wildman–Crippen MR) is 83.4 cm³/mol. The van der Waals surface area contributed by atoms with Gasteiger partial charge in [-0.15, -0.1) is 0 Å². The molecule has 0 aliphatic rings. The Kier molecular flexibility index (Phi) is 8.02. The number of carbonyl (C=O) groups excluding carboxylic acids is 1. The summed E-state index contributed by atoms with van der Waals surface area (Å²) >= 11 is 0. The zero-order valence-electron chi connectivity index (χ0n) is 12.8. The molecule has 0 bridgehead atoms. The summed E-state index contributed by atoms with van der Waals surface area (Å²) in [6.07, 6.45) is 8.38. The Morgan fingerprint density at radius 2 is 2.10 bits per heavy atom. The van der Waals surface area contributed by atoms with Gasteiger partial charge in [-0.1, -0.05) is 38.3 Å². The third-order valence-corrected chi connectivity index (χ3v) is 3.09. The lowest BCUT2D eigenvalue weighted by Crippen LogP contribution is -2.03. The molecule has 1 N–H and O–H groups in total. The van der Waals surface area contributed by atoms with Crippen LogP contribution in [0, 0.1) is 0 Å². The van der Waals surface area contributed by atoms with E-state index in [-0.39, 0.29) is 18.3 Å². The maximum Gasteiger partial charge on any atom is 0.306 e. The van der Waals surface area contributed by atoms with E-state index in [1.54, 1.807) is 24.3 Å². The van der Waals surface area contributed by atoms with Gasteiger partial charge in [-0.25, -0.2) is 0 Å². The number of rotatable bonds is 9. The molecule has 0 saturated heterocycles. The highest BCUT2D eigenvalue weighted by Gasteiger charge is 2.02. The Morgan fingerprint density at radius 3 is 2.81 bits per heavy atom. The Balaban J connectivity index is 2.30. The van der Waals surface area contributed by atoms with Crippen LogP contribution >= 0.6 is 0 Å². The summed E-state index contributed by atoms with van der Waals surface area (Å²) in [7, 11) is 1.50. The van der Waals surface area contributed by atoms with E-state index < -0.39 is 0 Å². The van der Waals surface area contributed by atoms with Gasteiger partial charge in [0, 0.05) is 6.42 Å². The van der Waals surface area contributed by atoms with E-state index in [0.29, 0.717) is 12.2 Å². The number of aromatic hydroxyl groups is 1. The average Bonchev–Trinajstić information content (AvgIpc) is 2.49. The minimum Gasteiger partial charge on any atom is -0.504 e. The summed E-state index contributed by atoms with van der Waals surface area (Å²) in [5.41, 5.74) is 0.878. The second-order valence-corrected chi connectivity index (χ2v) is 4.83. The molecule has 0 amide bonds. The lowest BCUT2D eigenvalue weighted by Gasteiger charge is -2.04. The second-order valence-electron chi connectivity index (χ2n) is 4.83. The fourth-order valence-corrected chi connectivity index (χ4v) is 1.89. The van der Waals surface area contributed by atoms with Crippen molar-refractivity contribution in [2.75, 3.05) is 13.7 Å². The van der Waals surface area contributed by atoms with Crippen LogP contribution in [0.5, 0.6) is 11.5 Å². The summed E-state index contributed by atoms with van der Waals surface area (Å²) in [5.74, 6) is 0.372. The molecule has 0 saturated carbocycles. The van der Waals surface area contributed by atoms with Crippen molar-refractivity contribution in [1.82, 2.24) is 0 Å². The van der Waals surface area contributed by atoms with E-state index in [0.717, 1.165) is 31.2 Å². The standard InChI is InChI=1S/C17H24O4/c1-3-4-5-6-9-17(19)21-12-7-8-14-10-11-15(18)16(13-14)20-2/h7-8,10-11,13,18H,3-6,9,12H2,1-2H3. The molecule has 116 valence electrons. The number of esters is 1. The number of hydrogen-bond donors (Lipinski definition) is 1. The maximum atomic E-state index is 11.5. The Hall–Kier alpha value is -1.97. The van der Waals surface area contributed by atoms with Crippen LogP contribution < -0.4 is 4.74 Å². The van der Waals surface area contributed by atoms with E-state index in [1.807, 2.05) is 6.08 Å². The first-order chi connectivity index (χ1) is 10.2. The molecule has 0 unspecified atom stereocenters. The highest BCUT2D eigenvalue weighted by molar-refractivity contribution is 5.69. The van der Waals surface area contributed by atoms with E-state index in [4.69, 9.17) is 9.47 Å². The molecule has 0 radical (unpaired) electrons. The summed E-state index contributed by atoms with van der Waals surface area (Å²) in [5, 5.41) is 9.48. The third-order valence-electron chi connectivity index (χ3n) is 3.09. The first-order valence-electron chi connectivity index (χ1n) is 7.36. The zero-order valence-corrected chi connectivity index (χ0v) is 12.8. The topological polar surface area (TPSA) is 55.8 Å². The van der Waals surface area contributed by atoms with Crippen LogP contribution in [0.1, 0.15) is 44.6 Å². The minimum absolute atomic E-state index is 0.105. The first kappa shape index (κ1) is 17.1. The van der Waals surface area contributed by atoms with Crippen molar-refractivity contribution in [3.63, 3.8) is 0 Å². The summed E-state index contributed by atoms with van der Waals surface area (Å²) in [6.45, 7) is 2.40. The molecule has 4 heteroatoms. The number of hydrogen-bond acceptors (Lipinski definition) is 4. The van der Waals surface area contributed by atoms with Crippen molar-refractivity contribution < 1.29 is 19.4 Å². The highest BCUT2D eigenvalue weighted by Crippen LogP contribution is 2.26. The number of ether oxygens (including phenoxy) is 2. The number of benzene rings is 1. The molecule has 0 spiro atoms. The Morgan fingerprint density at radius 1 is 1.29 bits per heavy atom. The molecule has 1 aromatic carbocycles. The van der Waals surface area contributed by atoms with Gasteiger partial charge in [0.2, 0.25) is 0 Å². The van der Waals surface area contributed by atoms with Gasteiger partial charge >= 0.3 is 5.97 Å². The molecule has 0 aromatic heterocycles. The molecule has 0 fully saturated rings. The van der Waals surface area contributed by atoms with Crippen molar-refractivity contribution in [3.05, 3.63) is 29.8 Å². The van der Waals surface area contributed by atoms with Crippen molar-refractivity contribution in [2.45, 2.75) is 39.0 Å². The maximum absolute atomic E-state index is 11.5. The largest absolute Gasteiger partial charge is 0.504 e. The van der Waals surface area contributed by atoms with Gasteiger partial charge in [0.05, 0.1) is 7.11 Å². The fourth-order valence-electron chi connectivity index (χ4n) is 1.89. The predicted octanol–water partition coefficient (Wildman–Crippen LogP) is 3.93. The van der Waals surface area contributed by atoms with E-state index in [2.05, 4.69) is 6.92 Å². The lowest BCUT2D eigenvalue weighted by molar-refractivity contribution is -0.142. The van der Waals surface area contributed by atoms with Crippen molar-refractivity contribution >= 4 is 12.0 Å². The SMILES string of the molecule is CCCCCCC(=O)OCC=Cc1ccc(O)c(OC)c1. The normalized spacial score (nSPS) is 10.8. The molecular formula is C17H24O4. The van der Waals surface area contributed by atoms with Crippen LogP contribution in [0.4, 0.5) is 0 Å². The molecule has 0 aliphatic carbocycles. The first-order valence-corrected chi connectivity index (χ1v) is 7.36. The van der Waals surface area contributed by atoms with Crippen molar-refractivity contribution in [3.8, 4) is 11.5 Å². The molecule has 0 heterocycles. The fraction of sp³-hybridized carbons (Fsp3) is 0.471. The van der Waals surface area contributed by atoms with Crippen molar-refractivity contribution in [2.24, 2.45) is 0 Å². The summed E-state index contributed by atoms with van der Waals surface area (Å²) < 4.78 is 10.1. The zero-order chi connectivity index (χ0) is 15.5. The van der Waals surface area contributed by atoms with E-state index >= 15 is 0 Å². The van der Waals surface area contributed by atoms with Gasteiger partial charge in [-0.2, -0.15) is 0 Å². The average molecular weight is 292 g/mol. The van der Waals surface area contributed by atoms with Crippen LogP contribution in [0.25, 0.3) is 6.08 Å². The molecule has 1 aromatic rings. The number of phenols is 1. The minimum atomic E-state index is -0.154. The smallest absolute Gasteiger partial charge is 0.306 e. The molecule has 1 rings (SSSR count). The van der Waals surface area contributed by atoms with Gasteiger partial charge in [0.1, 0.15) is 6.61 Å². The number of methoxy groups -OCH3 is 1. The van der Waals surface area contributed by atoms with Gasteiger partial charge in [-0.05, 0) is 30.2 Å². The van der Waals surface area contributed by atoms with E-state index in [9.17, 15) is 9.90 Å². The second kappa shape index (κ2) is 9.86. The Labute approximate surface area is 126 Å². The number of unbranched alkanes of at least 4 members (excludes halogenated alkanes) is 3. The summed E-state index contributed by atoms with van der Waals surface area (Å²) in [4.78, 5) is 11.5. The van der Waals surface area contributed by atoms with Crippen LogP contribution in [0.2, 0.25) is 0 Å². The third kappa shape index (κ3) is 6.84. The molecule has 0 aliphatic heterocycles. The van der Waals surface area contributed by atoms with E-state index in [1.165, 1.54) is 7.11 Å². The van der Waals surface area contributed by atoms with Crippen LogP contribution in [-0.4, -0.2) is 24.8 Å². The monoisotopic (exact) mass is 292 g/mol. The van der Waals surface area contributed by atoms with Gasteiger partial charge in [-0.3, -0.25) is 4.79 Å².